The maximum atomic E-state index is 12.6. The maximum Gasteiger partial charge on any atom is 0.274 e. The van der Waals surface area contributed by atoms with Crippen LogP contribution in [0, 0.1) is 0 Å². The summed E-state index contributed by atoms with van der Waals surface area (Å²) in [7, 11) is 0. The van der Waals surface area contributed by atoms with Crippen molar-refractivity contribution >= 4 is 23.2 Å². The Morgan fingerprint density at radius 1 is 1.21 bits per heavy atom. The van der Waals surface area contributed by atoms with Crippen molar-refractivity contribution in [2.45, 2.75) is 25.3 Å². The number of hydrogen-bond acceptors (Lipinski definition) is 5. The van der Waals surface area contributed by atoms with E-state index in [4.69, 9.17) is 5.73 Å². The molecule has 1 atom stereocenters. The van der Waals surface area contributed by atoms with Crippen molar-refractivity contribution in [2.24, 2.45) is 0 Å². The molecule has 1 aromatic carbocycles. The molecule has 4 N–H and O–H groups in total. The molecule has 0 bridgehead atoms. The van der Waals surface area contributed by atoms with Crippen molar-refractivity contribution in [3.05, 3.63) is 53.9 Å². The molecule has 2 heterocycles. The summed E-state index contributed by atoms with van der Waals surface area (Å²) in [5.74, 6) is -0.802. The number of anilines is 2. The normalized spacial score (nSPS) is 16.7. The second-order valence-electron chi connectivity index (χ2n) is 6.87. The van der Waals surface area contributed by atoms with Gasteiger partial charge in [-0.3, -0.25) is 19.5 Å². The molecular weight excluding hydrogens is 380 g/mol. The van der Waals surface area contributed by atoms with Crippen LogP contribution >= 0.6 is 0 Å². The number of rotatable bonds is 7. The number of nitrogen functional groups attached to an aromatic ring is 1. The van der Waals surface area contributed by atoms with Crippen molar-refractivity contribution < 1.29 is 18.4 Å². The molecule has 1 aliphatic heterocycles. The fourth-order valence-electron chi connectivity index (χ4n) is 3.32. The minimum absolute atomic E-state index is 0.0951. The first-order chi connectivity index (χ1) is 13.9. The number of carbonyl (C=O) groups is 2. The number of nitrogens with two attached hydrogens (primary N) is 1. The van der Waals surface area contributed by atoms with E-state index in [1.54, 1.807) is 29.2 Å². The van der Waals surface area contributed by atoms with Crippen LogP contribution < -0.4 is 16.4 Å². The highest BCUT2D eigenvalue weighted by atomic mass is 19.3. The monoisotopic (exact) mass is 403 g/mol. The quantitative estimate of drug-likeness (QED) is 0.617. The standard InChI is InChI=1S/C20H23F2N5O2/c21-18(22)12-27-9-3-4-14(27)11-25-19(28)13-7-8-17(24-10-13)20(29)26-16-6-2-1-5-15(16)23/h1-2,5-8,10,14,18H,3-4,9,11-12,23H2,(H,25,28)(H,26,29). The summed E-state index contributed by atoms with van der Waals surface area (Å²) in [6, 6.07) is 9.70. The van der Waals surface area contributed by atoms with E-state index < -0.39 is 12.3 Å². The van der Waals surface area contributed by atoms with Crippen molar-refractivity contribution in [3.8, 4) is 0 Å². The third kappa shape index (κ3) is 5.47. The molecule has 2 aromatic rings. The lowest BCUT2D eigenvalue weighted by atomic mass is 10.2. The summed E-state index contributed by atoms with van der Waals surface area (Å²) in [6.45, 7) is 0.626. The third-order valence-corrected chi connectivity index (χ3v) is 4.84. The van der Waals surface area contributed by atoms with E-state index in [0.717, 1.165) is 12.8 Å². The largest absolute Gasteiger partial charge is 0.397 e. The van der Waals surface area contributed by atoms with Gasteiger partial charge in [0, 0.05) is 18.8 Å². The zero-order valence-corrected chi connectivity index (χ0v) is 15.8. The zero-order chi connectivity index (χ0) is 20.8. The molecule has 0 spiro atoms. The van der Waals surface area contributed by atoms with Crippen molar-refractivity contribution in [2.75, 3.05) is 30.7 Å². The van der Waals surface area contributed by atoms with Gasteiger partial charge in [-0.1, -0.05) is 12.1 Å². The average Bonchev–Trinajstić information content (AvgIpc) is 3.14. The Balaban J connectivity index is 1.54. The van der Waals surface area contributed by atoms with Gasteiger partial charge in [0.25, 0.3) is 18.2 Å². The summed E-state index contributed by atoms with van der Waals surface area (Å²) in [5.41, 5.74) is 7.14. The van der Waals surface area contributed by atoms with Crippen molar-refractivity contribution in [1.29, 1.82) is 0 Å². The Morgan fingerprint density at radius 2 is 2.00 bits per heavy atom. The Morgan fingerprint density at radius 3 is 2.69 bits per heavy atom. The Kier molecular flexibility index (Phi) is 6.71. The predicted octanol–water partition coefficient (Wildman–Crippen LogP) is 2.38. The summed E-state index contributed by atoms with van der Waals surface area (Å²) >= 11 is 0. The minimum Gasteiger partial charge on any atom is -0.397 e. The van der Waals surface area contributed by atoms with Gasteiger partial charge in [-0.05, 0) is 43.7 Å². The first-order valence-electron chi connectivity index (χ1n) is 9.36. The van der Waals surface area contributed by atoms with E-state index in [1.165, 1.54) is 18.3 Å². The molecule has 0 aliphatic carbocycles. The van der Waals surface area contributed by atoms with Gasteiger partial charge in [0.1, 0.15) is 5.69 Å². The maximum absolute atomic E-state index is 12.6. The molecule has 9 heteroatoms. The van der Waals surface area contributed by atoms with Gasteiger partial charge < -0.3 is 16.4 Å². The van der Waals surface area contributed by atoms with Gasteiger partial charge in [0.2, 0.25) is 0 Å². The van der Waals surface area contributed by atoms with Crippen LogP contribution in [0.2, 0.25) is 0 Å². The molecule has 1 unspecified atom stereocenters. The lowest BCUT2D eigenvalue weighted by molar-refractivity contribution is 0.0792. The fraction of sp³-hybridized carbons (Fsp3) is 0.350. The Hall–Kier alpha value is -3.07. The minimum atomic E-state index is -2.39. The lowest BCUT2D eigenvalue weighted by Crippen LogP contribution is -2.42. The number of benzene rings is 1. The molecule has 1 aliphatic rings. The SMILES string of the molecule is Nc1ccccc1NC(=O)c1ccc(C(=O)NCC2CCCN2CC(F)F)cn1. The number of alkyl halides is 2. The van der Waals surface area contributed by atoms with Gasteiger partial charge in [-0.15, -0.1) is 0 Å². The lowest BCUT2D eigenvalue weighted by Gasteiger charge is -2.24. The molecule has 1 fully saturated rings. The van der Waals surface area contributed by atoms with E-state index >= 15 is 0 Å². The zero-order valence-electron chi connectivity index (χ0n) is 15.8. The molecule has 0 radical (unpaired) electrons. The molecular formula is C20H23F2N5O2. The van der Waals surface area contributed by atoms with Crippen LogP contribution in [0.4, 0.5) is 20.2 Å². The van der Waals surface area contributed by atoms with Crippen LogP contribution in [-0.2, 0) is 0 Å². The number of aromatic nitrogens is 1. The summed E-state index contributed by atoms with van der Waals surface area (Å²) in [6.07, 6.45) is 0.530. The molecule has 7 nitrogen and oxygen atoms in total. The van der Waals surface area contributed by atoms with Crippen LogP contribution in [0.3, 0.4) is 0 Å². The van der Waals surface area contributed by atoms with Gasteiger partial charge in [0.15, 0.2) is 0 Å². The van der Waals surface area contributed by atoms with Gasteiger partial charge in [-0.2, -0.15) is 0 Å². The summed E-state index contributed by atoms with van der Waals surface area (Å²) < 4.78 is 25.2. The van der Waals surface area contributed by atoms with E-state index in [9.17, 15) is 18.4 Å². The van der Waals surface area contributed by atoms with Gasteiger partial charge in [0.05, 0.1) is 23.5 Å². The highest BCUT2D eigenvalue weighted by Gasteiger charge is 2.27. The van der Waals surface area contributed by atoms with Crippen molar-refractivity contribution in [3.63, 3.8) is 0 Å². The van der Waals surface area contributed by atoms with Gasteiger partial charge in [-0.25, -0.2) is 8.78 Å². The fourth-order valence-corrected chi connectivity index (χ4v) is 3.32. The number of carbonyl (C=O) groups excluding carboxylic acids is 2. The number of hydrogen-bond donors (Lipinski definition) is 3. The molecule has 154 valence electrons. The predicted molar refractivity (Wildman–Crippen MR) is 106 cm³/mol. The number of nitrogens with zero attached hydrogens (tertiary/aromatic N) is 2. The van der Waals surface area contributed by atoms with E-state index in [2.05, 4.69) is 15.6 Å². The second kappa shape index (κ2) is 9.42. The van der Waals surface area contributed by atoms with E-state index in [-0.39, 0.29) is 24.2 Å². The highest BCUT2D eigenvalue weighted by Crippen LogP contribution is 2.19. The number of halogens is 2. The van der Waals surface area contributed by atoms with Crippen LogP contribution in [-0.4, -0.2) is 53.8 Å². The van der Waals surface area contributed by atoms with Crippen molar-refractivity contribution in [1.82, 2.24) is 15.2 Å². The smallest absolute Gasteiger partial charge is 0.274 e. The summed E-state index contributed by atoms with van der Waals surface area (Å²) in [5, 5.41) is 5.42. The van der Waals surface area contributed by atoms with Crippen LogP contribution in [0.25, 0.3) is 0 Å². The van der Waals surface area contributed by atoms with Crippen LogP contribution in [0.15, 0.2) is 42.6 Å². The molecule has 29 heavy (non-hydrogen) atoms. The first kappa shape index (κ1) is 20.7. The number of amides is 2. The second-order valence-corrected chi connectivity index (χ2v) is 6.87. The molecule has 1 saturated heterocycles. The topological polar surface area (TPSA) is 100 Å². The van der Waals surface area contributed by atoms with Gasteiger partial charge >= 0.3 is 0 Å². The summed E-state index contributed by atoms with van der Waals surface area (Å²) in [4.78, 5) is 30.3. The number of nitrogens with one attached hydrogen (secondary N) is 2. The highest BCUT2D eigenvalue weighted by molar-refractivity contribution is 6.04. The van der Waals surface area contributed by atoms with Crippen LogP contribution in [0.5, 0.6) is 0 Å². The van der Waals surface area contributed by atoms with E-state index in [0.29, 0.717) is 30.0 Å². The molecule has 2 amide bonds. The van der Waals surface area contributed by atoms with Crippen LogP contribution in [0.1, 0.15) is 33.7 Å². The number of likely N-dealkylation sites (tertiary alicyclic amines) is 1. The van der Waals surface area contributed by atoms with E-state index in [1.807, 2.05) is 0 Å². The Labute approximate surface area is 167 Å². The average molecular weight is 403 g/mol. The number of pyridine rings is 1. The first-order valence-corrected chi connectivity index (χ1v) is 9.36. The Bertz CT molecular complexity index is 860. The molecule has 3 rings (SSSR count). The molecule has 1 aromatic heterocycles. The third-order valence-electron chi connectivity index (χ3n) is 4.84. The molecule has 0 saturated carbocycles. The number of para-hydroxylation sites is 2.